The van der Waals surface area contributed by atoms with Crippen LogP contribution in [0.5, 0.6) is 0 Å². The van der Waals surface area contributed by atoms with E-state index in [0.29, 0.717) is 5.76 Å². The largest absolute Gasteiger partial charge is 0.503 e. The molecule has 6 heteroatoms. The van der Waals surface area contributed by atoms with Crippen LogP contribution in [0, 0.1) is 11.7 Å². The van der Waals surface area contributed by atoms with Crippen molar-refractivity contribution in [3.63, 3.8) is 0 Å². The number of hydrogen-bond donors (Lipinski definition) is 1. The zero-order valence-corrected chi connectivity index (χ0v) is 13.9. The molecular weight excluding hydrogens is 325 g/mol. The van der Waals surface area contributed by atoms with E-state index >= 15 is 0 Å². The number of Topliss-reactive ketones (excluding diaryl/α,β-unsaturated/α-hetero) is 1. The van der Waals surface area contributed by atoms with Crippen LogP contribution in [0.1, 0.15) is 32.1 Å². The lowest BCUT2D eigenvalue weighted by Gasteiger charge is -2.25. The Morgan fingerprint density at radius 3 is 2.68 bits per heavy atom. The van der Waals surface area contributed by atoms with Gasteiger partial charge in [0, 0.05) is 12.1 Å². The average Bonchev–Trinajstić information content (AvgIpc) is 3.14. The highest BCUT2D eigenvalue weighted by Gasteiger charge is 2.45. The van der Waals surface area contributed by atoms with Gasteiger partial charge < -0.3 is 9.52 Å². The lowest BCUT2D eigenvalue weighted by Crippen LogP contribution is -2.31. The number of furan rings is 1. The first kappa shape index (κ1) is 17.0. The van der Waals surface area contributed by atoms with E-state index in [9.17, 15) is 19.1 Å². The molecule has 3 rings (SSSR count). The van der Waals surface area contributed by atoms with Crippen LogP contribution in [0.2, 0.25) is 0 Å². The van der Waals surface area contributed by atoms with Crippen molar-refractivity contribution >= 4 is 17.4 Å². The standard InChI is InChI=1S/C19H18FNO4/c1-11(2)9-14(22)16-17(15-7-4-8-25-15)21(19(24)18(16)23)13-6-3-5-12(20)10-13/h3-8,10-11,17,23H,9H2,1-2H3. The number of halogens is 1. The number of rotatable bonds is 5. The molecule has 0 saturated carbocycles. The van der Waals surface area contributed by atoms with Crippen molar-refractivity contribution in [3.8, 4) is 0 Å². The molecule has 1 aromatic heterocycles. The third-order valence-electron chi connectivity index (χ3n) is 4.00. The Kier molecular flexibility index (Phi) is 4.44. The molecule has 0 spiro atoms. The highest BCUT2D eigenvalue weighted by molar-refractivity contribution is 6.16. The molecule has 1 atom stereocenters. The number of nitrogens with zero attached hydrogens (tertiary/aromatic N) is 1. The zero-order valence-electron chi connectivity index (χ0n) is 13.9. The Balaban J connectivity index is 2.11. The summed E-state index contributed by atoms with van der Waals surface area (Å²) in [6.45, 7) is 3.75. The second-order valence-electron chi connectivity index (χ2n) is 6.36. The minimum Gasteiger partial charge on any atom is -0.503 e. The molecule has 0 fully saturated rings. The Labute approximate surface area is 144 Å². The number of amides is 1. The molecule has 2 heterocycles. The SMILES string of the molecule is CC(C)CC(=O)C1=C(O)C(=O)N(c2cccc(F)c2)C1c1ccco1. The van der Waals surface area contributed by atoms with Gasteiger partial charge in [0.1, 0.15) is 17.6 Å². The summed E-state index contributed by atoms with van der Waals surface area (Å²) in [6, 6.07) is 7.76. The van der Waals surface area contributed by atoms with Crippen LogP contribution >= 0.6 is 0 Å². The molecule has 0 saturated heterocycles. The maximum atomic E-state index is 13.6. The van der Waals surface area contributed by atoms with Crippen LogP contribution < -0.4 is 4.90 Å². The van der Waals surface area contributed by atoms with Crippen molar-refractivity contribution in [1.82, 2.24) is 0 Å². The molecule has 1 aliphatic heterocycles. The molecule has 0 radical (unpaired) electrons. The first-order chi connectivity index (χ1) is 11.9. The van der Waals surface area contributed by atoms with Gasteiger partial charge in [0.2, 0.25) is 0 Å². The second kappa shape index (κ2) is 6.55. The molecular formula is C19H18FNO4. The van der Waals surface area contributed by atoms with E-state index in [-0.39, 0.29) is 29.4 Å². The first-order valence-electron chi connectivity index (χ1n) is 7.99. The van der Waals surface area contributed by atoms with Gasteiger partial charge in [-0.3, -0.25) is 14.5 Å². The van der Waals surface area contributed by atoms with Crippen LogP contribution in [-0.4, -0.2) is 16.8 Å². The topological polar surface area (TPSA) is 70.8 Å². The molecule has 1 N–H and O–H groups in total. The van der Waals surface area contributed by atoms with Gasteiger partial charge in [0.15, 0.2) is 11.5 Å². The lowest BCUT2D eigenvalue weighted by molar-refractivity contribution is -0.118. The van der Waals surface area contributed by atoms with E-state index < -0.39 is 23.5 Å². The predicted octanol–water partition coefficient (Wildman–Crippen LogP) is 3.93. The normalized spacial score (nSPS) is 17.7. The van der Waals surface area contributed by atoms with Crippen molar-refractivity contribution in [2.24, 2.45) is 5.92 Å². The van der Waals surface area contributed by atoms with Crippen LogP contribution in [0.3, 0.4) is 0 Å². The fourth-order valence-corrected chi connectivity index (χ4v) is 2.98. The van der Waals surface area contributed by atoms with Crippen molar-refractivity contribution in [2.45, 2.75) is 26.3 Å². The van der Waals surface area contributed by atoms with E-state index in [1.165, 1.54) is 29.4 Å². The molecule has 130 valence electrons. The number of aliphatic hydroxyl groups excluding tert-OH is 1. The molecule has 1 unspecified atom stereocenters. The third kappa shape index (κ3) is 3.07. The number of ketones is 1. The molecule has 1 amide bonds. The lowest BCUT2D eigenvalue weighted by atomic mass is 9.95. The predicted molar refractivity (Wildman–Crippen MR) is 89.5 cm³/mol. The van der Waals surface area contributed by atoms with Crippen LogP contribution in [-0.2, 0) is 9.59 Å². The summed E-state index contributed by atoms with van der Waals surface area (Å²) < 4.78 is 19.0. The van der Waals surface area contributed by atoms with E-state index in [2.05, 4.69) is 0 Å². The van der Waals surface area contributed by atoms with Gasteiger partial charge in [-0.2, -0.15) is 0 Å². The molecule has 0 bridgehead atoms. The smallest absolute Gasteiger partial charge is 0.294 e. The van der Waals surface area contributed by atoms with Gasteiger partial charge in [-0.25, -0.2) is 4.39 Å². The molecule has 0 aliphatic carbocycles. The second-order valence-corrected chi connectivity index (χ2v) is 6.36. The van der Waals surface area contributed by atoms with Gasteiger partial charge in [-0.1, -0.05) is 19.9 Å². The summed E-state index contributed by atoms with van der Waals surface area (Å²) in [6.07, 6.45) is 1.60. The molecule has 1 aromatic carbocycles. The van der Waals surface area contributed by atoms with Gasteiger partial charge >= 0.3 is 0 Å². The highest BCUT2D eigenvalue weighted by atomic mass is 19.1. The number of benzene rings is 1. The number of aliphatic hydroxyl groups is 1. The van der Waals surface area contributed by atoms with Gasteiger partial charge in [-0.15, -0.1) is 0 Å². The maximum Gasteiger partial charge on any atom is 0.294 e. The number of hydrogen-bond acceptors (Lipinski definition) is 4. The van der Waals surface area contributed by atoms with Crippen molar-refractivity contribution in [2.75, 3.05) is 4.90 Å². The fraction of sp³-hybridized carbons (Fsp3) is 0.263. The monoisotopic (exact) mass is 343 g/mol. The van der Waals surface area contributed by atoms with E-state index in [4.69, 9.17) is 4.42 Å². The summed E-state index contributed by atoms with van der Waals surface area (Å²) in [7, 11) is 0. The van der Waals surface area contributed by atoms with Crippen LogP contribution in [0.15, 0.2) is 58.4 Å². The molecule has 1 aliphatic rings. The Hall–Kier alpha value is -2.89. The van der Waals surface area contributed by atoms with Crippen molar-refractivity contribution in [1.29, 1.82) is 0 Å². The molecule has 2 aromatic rings. The summed E-state index contributed by atoms with van der Waals surface area (Å²) in [5.41, 5.74) is 0.225. The first-order valence-corrected chi connectivity index (χ1v) is 7.99. The van der Waals surface area contributed by atoms with E-state index in [0.717, 1.165) is 0 Å². The Bertz CT molecular complexity index is 839. The van der Waals surface area contributed by atoms with Crippen molar-refractivity contribution < 1.29 is 23.5 Å². The Morgan fingerprint density at radius 2 is 2.08 bits per heavy atom. The van der Waals surface area contributed by atoms with Gasteiger partial charge in [0.05, 0.1) is 11.8 Å². The number of anilines is 1. The van der Waals surface area contributed by atoms with Gasteiger partial charge in [-0.05, 0) is 36.2 Å². The average molecular weight is 343 g/mol. The minimum atomic E-state index is -0.921. The maximum absolute atomic E-state index is 13.6. The van der Waals surface area contributed by atoms with E-state index in [1.54, 1.807) is 18.2 Å². The summed E-state index contributed by atoms with van der Waals surface area (Å²) >= 11 is 0. The number of carbonyl (C=O) groups excluding carboxylic acids is 2. The fourth-order valence-electron chi connectivity index (χ4n) is 2.98. The Morgan fingerprint density at radius 1 is 1.32 bits per heavy atom. The summed E-state index contributed by atoms with van der Waals surface area (Å²) in [5.74, 6) is -1.83. The number of carbonyl (C=O) groups is 2. The van der Waals surface area contributed by atoms with E-state index in [1.807, 2.05) is 13.8 Å². The highest BCUT2D eigenvalue weighted by Crippen LogP contribution is 2.41. The van der Waals surface area contributed by atoms with Crippen molar-refractivity contribution in [3.05, 3.63) is 65.6 Å². The minimum absolute atomic E-state index is 0.0158. The molecule has 5 nitrogen and oxygen atoms in total. The van der Waals surface area contributed by atoms with Crippen LogP contribution in [0.25, 0.3) is 0 Å². The zero-order chi connectivity index (χ0) is 18.1. The third-order valence-corrected chi connectivity index (χ3v) is 4.00. The summed E-state index contributed by atoms with van der Waals surface area (Å²) in [4.78, 5) is 26.5. The quantitative estimate of drug-likeness (QED) is 0.893. The van der Waals surface area contributed by atoms with Gasteiger partial charge in [0.25, 0.3) is 5.91 Å². The van der Waals surface area contributed by atoms with Crippen LogP contribution in [0.4, 0.5) is 10.1 Å². The molecule has 25 heavy (non-hydrogen) atoms. The summed E-state index contributed by atoms with van der Waals surface area (Å²) in [5, 5.41) is 10.3.